The molecule has 3 nitrogen and oxygen atoms in total. The van der Waals surface area contributed by atoms with Crippen molar-refractivity contribution in [2.24, 2.45) is 7.05 Å². The Morgan fingerprint density at radius 1 is 1.53 bits per heavy atom. The van der Waals surface area contributed by atoms with Crippen LogP contribution in [0.5, 0.6) is 0 Å². The zero-order chi connectivity index (χ0) is 10.4. The predicted molar refractivity (Wildman–Crippen MR) is 57.4 cm³/mol. The lowest BCUT2D eigenvalue weighted by Gasteiger charge is -1.95. The molecule has 2 aromatic rings. The number of nitrogens with zero attached hydrogens (tertiary/aromatic N) is 3. The van der Waals surface area contributed by atoms with Gasteiger partial charge in [-0.1, -0.05) is 0 Å². The summed E-state index contributed by atoms with van der Waals surface area (Å²) in [5, 5.41) is 10.0. The Morgan fingerprint density at radius 2 is 2.33 bits per heavy atom. The molecule has 1 aliphatic carbocycles. The first kappa shape index (κ1) is 8.49. The molecule has 2 heterocycles. The number of hydrogen-bond acceptors (Lipinski definition) is 2. The third kappa shape index (κ3) is 1.22. The summed E-state index contributed by atoms with van der Waals surface area (Å²) in [6.07, 6.45) is 6.33. The minimum absolute atomic E-state index is 0.649. The van der Waals surface area contributed by atoms with Crippen LogP contribution in [0.4, 0.5) is 0 Å². The standard InChI is InChI=1S/C12H11N3/c1-15-7-11(9-2-3-9)10-4-8(5-13)6-14-12(10)15/h4,6-7,9H,2-3H2,1H3. The summed E-state index contributed by atoms with van der Waals surface area (Å²) in [5.41, 5.74) is 2.99. The van der Waals surface area contributed by atoms with E-state index in [-0.39, 0.29) is 0 Å². The lowest BCUT2D eigenvalue weighted by atomic mass is 10.1. The quantitative estimate of drug-likeness (QED) is 0.704. The number of nitriles is 1. The highest BCUT2D eigenvalue weighted by atomic mass is 15.0. The molecule has 1 aliphatic rings. The topological polar surface area (TPSA) is 41.6 Å². The summed E-state index contributed by atoms with van der Waals surface area (Å²) in [6.45, 7) is 0. The van der Waals surface area contributed by atoms with E-state index in [0.717, 1.165) is 11.0 Å². The van der Waals surface area contributed by atoms with Crippen LogP contribution < -0.4 is 0 Å². The van der Waals surface area contributed by atoms with Gasteiger partial charge in [0.2, 0.25) is 0 Å². The van der Waals surface area contributed by atoms with Crippen LogP contribution in [0.3, 0.4) is 0 Å². The fourth-order valence-corrected chi connectivity index (χ4v) is 2.07. The SMILES string of the molecule is Cn1cc(C2CC2)c2cc(C#N)cnc21. The van der Waals surface area contributed by atoms with E-state index in [4.69, 9.17) is 5.26 Å². The van der Waals surface area contributed by atoms with Crippen LogP contribution >= 0.6 is 0 Å². The van der Waals surface area contributed by atoms with Gasteiger partial charge >= 0.3 is 0 Å². The van der Waals surface area contributed by atoms with Crippen molar-refractivity contribution in [3.63, 3.8) is 0 Å². The monoisotopic (exact) mass is 197 g/mol. The van der Waals surface area contributed by atoms with Crippen molar-refractivity contribution in [2.75, 3.05) is 0 Å². The highest BCUT2D eigenvalue weighted by Crippen LogP contribution is 2.43. The largest absolute Gasteiger partial charge is 0.335 e. The number of rotatable bonds is 1. The molecule has 74 valence electrons. The number of aryl methyl sites for hydroxylation is 1. The molecule has 15 heavy (non-hydrogen) atoms. The minimum Gasteiger partial charge on any atom is -0.335 e. The van der Waals surface area contributed by atoms with Gasteiger partial charge in [-0.2, -0.15) is 5.26 Å². The molecule has 3 rings (SSSR count). The van der Waals surface area contributed by atoms with Gasteiger partial charge < -0.3 is 4.57 Å². The molecule has 0 radical (unpaired) electrons. The third-order valence-corrected chi connectivity index (χ3v) is 2.99. The third-order valence-electron chi connectivity index (χ3n) is 2.99. The van der Waals surface area contributed by atoms with Crippen molar-refractivity contribution in [3.05, 3.63) is 29.6 Å². The molecule has 0 aromatic carbocycles. The van der Waals surface area contributed by atoms with Crippen LogP contribution in [0.15, 0.2) is 18.5 Å². The summed E-state index contributed by atoms with van der Waals surface area (Å²) in [4.78, 5) is 4.32. The molecule has 0 N–H and O–H groups in total. The van der Waals surface area contributed by atoms with Crippen LogP contribution in [-0.2, 0) is 7.05 Å². The number of pyridine rings is 1. The average Bonchev–Trinajstić information content (AvgIpc) is 3.04. The molecule has 0 amide bonds. The molecule has 3 heteroatoms. The maximum atomic E-state index is 8.85. The highest BCUT2D eigenvalue weighted by Gasteiger charge is 2.27. The van der Waals surface area contributed by atoms with Crippen molar-refractivity contribution >= 4 is 11.0 Å². The Morgan fingerprint density at radius 3 is 3.00 bits per heavy atom. The maximum absolute atomic E-state index is 8.85. The Bertz CT molecular complexity index is 570. The first-order valence-corrected chi connectivity index (χ1v) is 5.14. The highest BCUT2D eigenvalue weighted by molar-refractivity contribution is 5.82. The van der Waals surface area contributed by atoms with Gasteiger partial charge in [-0.15, -0.1) is 0 Å². The molecule has 0 unspecified atom stereocenters. The van der Waals surface area contributed by atoms with E-state index >= 15 is 0 Å². The van der Waals surface area contributed by atoms with Gasteiger partial charge in [0.15, 0.2) is 0 Å². The van der Waals surface area contributed by atoms with E-state index in [1.807, 2.05) is 17.7 Å². The fraction of sp³-hybridized carbons (Fsp3) is 0.333. The summed E-state index contributed by atoms with van der Waals surface area (Å²) >= 11 is 0. The number of aromatic nitrogens is 2. The molecule has 0 spiro atoms. The minimum atomic E-state index is 0.649. The van der Waals surface area contributed by atoms with Gasteiger partial charge in [0.05, 0.1) is 5.56 Å². The van der Waals surface area contributed by atoms with Crippen molar-refractivity contribution in [3.8, 4) is 6.07 Å². The summed E-state index contributed by atoms with van der Waals surface area (Å²) in [7, 11) is 2.01. The van der Waals surface area contributed by atoms with E-state index in [9.17, 15) is 0 Å². The Hall–Kier alpha value is -1.82. The van der Waals surface area contributed by atoms with Gasteiger partial charge in [-0.3, -0.25) is 0 Å². The van der Waals surface area contributed by atoms with E-state index in [0.29, 0.717) is 11.5 Å². The van der Waals surface area contributed by atoms with E-state index in [2.05, 4.69) is 17.3 Å². The van der Waals surface area contributed by atoms with Crippen molar-refractivity contribution < 1.29 is 0 Å². The molecule has 2 aromatic heterocycles. The molecule has 1 saturated carbocycles. The smallest absolute Gasteiger partial charge is 0.139 e. The van der Waals surface area contributed by atoms with Gasteiger partial charge in [0.25, 0.3) is 0 Å². The first-order valence-electron chi connectivity index (χ1n) is 5.14. The predicted octanol–water partition coefficient (Wildman–Crippen LogP) is 2.32. The normalized spacial score (nSPS) is 15.5. The Balaban J connectivity index is 2.31. The molecule has 0 aliphatic heterocycles. The first-order chi connectivity index (χ1) is 7.29. The number of hydrogen-bond donors (Lipinski definition) is 0. The van der Waals surface area contributed by atoms with E-state index in [1.54, 1.807) is 6.20 Å². The molecular weight excluding hydrogens is 186 g/mol. The summed E-state index contributed by atoms with van der Waals surface area (Å²) in [6, 6.07) is 4.10. The van der Waals surface area contributed by atoms with Crippen molar-refractivity contribution in [1.82, 2.24) is 9.55 Å². The number of fused-ring (bicyclic) bond motifs is 1. The van der Waals surface area contributed by atoms with Crippen molar-refractivity contribution in [1.29, 1.82) is 5.26 Å². The van der Waals surface area contributed by atoms with Crippen molar-refractivity contribution in [2.45, 2.75) is 18.8 Å². The second-order valence-corrected chi connectivity index (χ2v) is 4.18. The van der Waals surface area contributed by atoms with Crippen LogP contribution in [0, 0.1) is 11.3 Å². The Labute approximate surface area is 88.0 Å². The fourth-order valence-electron chi connectivity index (χ4n) is 2.07. The van der Waals surface area contributed by atoms with Crippen LogP contribution in [0.25, 0.3) is 11.0 Å². The van der Waals surface area contributed by atoms with Gasteiger partial charge in [-0.25, -0.2) is 4.98 Å². The average molecular weight is 197 g/mol. The summed E-state index contributed by atoms with van der Waals surface area (Å²) in [5.74, 6) is 0.699. The Kier molecular flexibility index (Phi) is 1.60. The second kappa shape index (κ2) is 2.83. The molecule has 1 fully saturated rings. The molecule has 0 atom stereocenters. The van der Waals surface area contributed by atoms with Crippen LogP contribution in [-0.4, -0.2) is 9.55 Å². The molecule has 0 saturated heterocycles. The lowest BCUT2D eigenvalue weighted by Crippen LogP contribution is -1.87. The van der Waals surface area contributed by atoms with E-state index in [1.165, 1.54) is 18.4 Å². The van der Waals surface area contributed by atoms with E-state index < -0.39 is 0 Å². The maximum Gasteiger partial charge on any atom is 0.139 e. The van der Waals surface area contributed by atoms with Crippen LogP contribution in [0.2, 0.25) is 0 Å². The molecule has 0 bridgehead atoms. The van der Waals surface area contributed by atoms with Gasteiger partial charge in [-0.05, 0) is 30.4 Å². The van der Waals surface area contributed by atoms with Gasteiger partial charge in [0.1, 0.15) is 11.7 Å². The second-order valence-electron chi connectivity index (χ2n) is 4.18. The zero-order valence-corrected chi connectivity index (χ0v) is 8.57. The summed E-state index contributed by atoms with van der Waals surface area (Å²) < 4.78 is 2.05. The van der Waals surface area contributed by atoms with Crippen LogP contribution in [0.1, 0.15) is 29.9 Å². The zero-order valence-electron chi connectivity index (χ0n) is 8.57. The molecular formula is C12H11N3. The lowest BCUT2D eigenvalue weighted by molar-refractivity contribution is 0.935. The van der Waals surface area contributed by atoms with Gasteiger partial charge in [0, 0.05) is 24.8 Å².